The fraction of sp³-hybridized carbons (Fsp3) is 0.500. The van der Waals surface area contributed by atoms with Crippen LogP contribution in [0.1, 0.15) is 6.42 Å². The van der Waals surface area contributed by atoms with Gasteiger partial charge in [-0.3, -0.25) is 4.79 Å². The van der Waals surface area contributed by atoms with Gasteiger partial charge in [0.15, 0.2) is 0 Å². The van der Waals surface area contributed by atoms with E-state index >= 15 is 0 Å². The lowest BCUT2D eigenvalue weighted by atomic mass is 10.2. The highest BCUT2D eigenvalue weighted by Crippen LogP contribution is 2.13. The molecule has 1 amide bonds. The number of nitrogens with zero attached hydrogens (tertiary/aromatic N) is 2. The minimum absolute atomic E-state index is 0. The topological polar surface area (TPSA) is 35.6 Å². The highest BCUT2D eigenvalue weighted by atomic mass is 35.5. The zero-order chi connectivity index (χ0) is 13.7. The van der Waals surface area contributed by atoms with Gasteiger partial charge in [0, 0.05) is 49.9 Å². The van der Waals surface area contributed by atoms with Gasteiger partial charge in [0.05, 0.1) is 0 Å². The Balaban J connectivity index is 0.00000200. The number of anilines is 1. The average molecular weight is 318 g/mol. The smallest absolute Gasteiger partial charge is 0.225 e. The molecule has 0 bridgehead atoms. The van der Waals surface area contributed by atoms with Crippen LogP contribution in [0.15, 0.2) is 24.3 Å². The molecule has 1 aliphatic heterocycles. The van der Waals surface area contributed by atoms with Crippen molar-refractivity contribution in [3.05, 3.63) is 29.3 Å². The van der Waals surface area contributed by atoms with Crippen molar-refractivity contribution in [3.8, 4) is 0 Å². The van der Waals surface area contributed by atoms with E-state index < -0.39 is 0 Å². The molecule has 1 heterocycles. The Morgan fingerprint density at radius 1 is 1.20 bits per heavy atom. The van der Waals surface area contributed by atoms with Crippen molar-refractivity contribution in [1.29, 1.82) is 0 Å². The van der Waals surface area contributed by atoms with Gasteiger partial charge >= 0.3 is 0 Å². The average Bonchev–Trinajstić information content (AvgIpc) is 2.41. The Kier molecular flexibility index (Phi) is 7.30. The highest BCUT2D eigenvalue weighted by molar-refractivity contribution is 6.30. The minimum Gasteiger partial charge on any atom is -0.326 e. The minimum atomic E-state index is 0. The molecule has 2 rings (SSSR count). The number of nitrogens with one attached hydrogen (secondary N) is 1. The van der Waals surface area contributed by atoms with Crippen LogP contribution in [0.2, 0.25) is 5.02 Å². The molecule has 1 N–H and O–H groups in total. The molecular formula is C14H21Cl2N3O. The monoisotopic (exact) mass is 317 g/mol. The molecule has 4 nitrogen and oxygen atoms in total. The van der Waals surface area contributed by atoms with Crippen molar-refractivity contribution >= 4 is 35.6 Å². The van der Waals surface area contributed by atoms with Crippen LogP contribution >= 0.6 is 24.0 Å². The van der Waals surface area contributed by atoms with Gasteiger partial charge in [-0.1, -0.05) is 11.6 Å². The zero-order valence-electron chi connectivity index (χ0n) is 11.6. The van der Waals surface area contributed by atoms with Gasteiger partial charge < -0.3 is 15.1 Å². The summed E-state index contributed by atoms with van der Waals surface area (Å²) < 4.78 is 0. The summed E-state index contributed by atoms with van der Waals surface area (Å²) in [6.45, 7) is 5.08. The maximum absolute atomic E-state index is 11.8. The van der Waals surface area contributed by atoms with E-state index in [0.717, 1.165) is 38.4 Å². The normalized spacial score (nSPS) is 16.5. The molecule has 0 aromatic heterocycles. The lowest BCUT2D eigenvalue weighted by Crippen LogP contribution is -2.45. The Bertz CT molecular complexity index is 417. The molecule has 112 valence electrons. The number of hydrogen-bond donors (Lipinski definition) is 1. The summed E-state index contributed by atoms with van der Waals surface area (Å²) >= 11 is 5.80. The van der Waals surface area contributed by atoms with Crippen LogP contribution in [-0.4, -0.2) is 55.5 Å². The molecule has 0 spiro atoms. The fourth-order valence-corrected chi connectivity index (χ4v) is 2.21. The molecule has 1 aromatic rings. The molecule has 1 fully saturated rings. The predicted molar refractivity (Wildman–Crippen MR) is 85.9 cm³/mol. The molecule has 0 atom stereocenters. The number of amides is 1. The largest absolute Gasteiger partial charge is 0.326 e. The molecular weight excluding hydrogens is 297 g/mol. The number of carbonyl (C=O) groups is 1. The second-order valence-electron chi connectivity index (χ2n) is 4.95. The number of piperazine rings is 1. The van der Waals surface area contributed by atoms with Crippen LogP contribution in [0.5, 0.6) is 0 Å². The van der Waals surface area contributed by atoms with E-state index in [1.807, 2.05) is 12.1 Å². The van der Waals surface area contributed by atoms with E-state index in [9.17, 15) is 4.79 Å². The van der Waals surface area contributed by atoms with Crippen molar-refractivity contribution in [2.75, 3.05) is 45.1 Å². The first-order valence-corrected chi connectivity index (χ1v) is 6.97. The van der Waals surface area contributed by atoms with Crippen molar-refractivity contribution in [1.82, 2.24) is 9.80 Å². The van der Waals surface area contributed by atoms with E-state index in [1.165, 1.54) is 0 Å². The maximum Gasteiger partial charge on any atom is 0.225 e. The predicted octanol–water partition coefficient (Wildman–Crippen LogP) is 2.34. The van der Waals surface area contributed by atoms with Crippen LogP contribution in [0, 0.1) is 0 Å². The van der Waals surface area contributed by atoms with Crippen LogP contribution < -0.4 is 5.32 Å². The first-order chi connectivity index (χ1) is 9.13. The van der Waals surface area contributed by atoms with Crippen molar-refractivity contribution in [2.45, 2.75) is 6.42 Å². The van der Waals surface area contributed by atoms with E-state index in [1.54, 1.807) is 12.1 Å². The van der Waals surface area contributed by atoms with Crippen molar-refractivity contribution < 1.29 is 4.79 Å². The highest BCUT2D eigenvalue weighted by Gasteiger charge is 2.14. The summed E-state index contributed by atoms with van der Waals surface area (Å²) in [5.74, 6) is 0.0567. The van der Waals surface area contributed by atoms with Gasteiger partial charge in [0.25, 0.3) is 0 Å². The van der Waals surface area contributed by atoms with Crippen LogP contribution in [0.3, 0.4) is 0 Å². The Labute approximate surface area is 131 Å². The second kappa shape index (κ2) is 8.47. The van der Waals surface area contributed by atoms with Gasteiger partial charge in [-0.05, 0) is 31.3 Å². The van der Waals surface area contributed by atoms with Gasteiger partial charge in [0.1, 0.15) is 0 Å². The lowest BCUT2D eigenvalue weighted by Gasteiger charge is -2.32. The molecule has 0 unspecified atom stereocenters. The second-order valence-corrected chi connectivity index (χ2v) is 5.39. The van der Waals surface area contributed by atoms with Crippen molar-refractivity contribution in [3.63, 3.8) is 0 Å². The van der Waals surface area contributed by atoms with Gasteiger partial charge in [-0.25, -0.2) is 0 Å². The molecule has 0 radical (unpaired) electrons. The van der Waals surface area contributed by atoms with E-state index in [4.69, 9.17) is 11.6 Å². The van der Waals surface area contributed by atoms with E-state index in [0.29, 0.717) is 11.4 Å². The summed E-state index contributed by atoms with van der Waals surface area (Å²) in [4.78, 5) is 16.5. The number of likely N-dealkylation sites (N-methyl/N-ethyl adjacent to an activating group) is 1. The molecule has 1 aliphatic rings. The number of rotatable bonds is 4. The third-order valence-corrected chi connectivity index (χ3v) is 3.63. The third-order valence-electron chi connectivity index (χ3n) is 3.38. The molecule has 6 heteroatoms. The number of carbonyl (C=O) groups excluding carboxylic acids is 1. The molecule has 1 aromatic carbocycles. The molecule has 1 saturated heterocycles. The Morgan fingerprint density at radius 2 is 1.80 bits per heavy atom. The summed E-state index contributed by atoms with van der Waals surface area (Å²) in [5, 5.41) is 3.56. The Morgan fingerprint density at radius 3 is 2.40 bits per heavy atom. The van der Waals surface area contributed by atoms with Gasteiger partial charge in [-0.15, -0.1) is 12.4 Å². The van der Waals surface area contributed by atoms with E-state index in [-0.39, 0.29) is 18.3 Å². The van der Waals surface area contributed by atoms with Crippen LogP contribution in [0.4, 0.5) is 5.69 Å². The van der Waals surface area contributed by atoms with Gasteiger partial charge in [-0.2, -0.15) is 0 Å². The first kappa shape index (κ1) is 17.2. The van der Waals surface area contributed by atoms with Crippen LogP contribution in [-0.2, 0) is 4.79 Å². The SMILES string of the molecule is CN1CCN(CCC(=O)Nc2ccc(Cl)cc2)CC1.Cl. The number of halogens is 2. The number of benzene rings is 1. The fourth-order valence-electron chi connectivity index (χ4n) is 2.09. The zero-order valence-corrected chi connectivity index (χ0v) is 13.2. The van der Waals surface area contributed by atoms with Crippen molar-refractivity contribution in [2.24, 2.45) is 0 Å². The Hall–Kier alpha value is -0.810. The maximum atomic E-state index is 11.8. The summed E-state index contributed by atoms with van der Waals surface area (Å²) in [5.41, 5.74) is 0.799. The number of hydrogen-bond acceptors (Lipinski definition) is 3. The van der Waals surface area contributed by atoms with Gasteiger partial charge in [0.2, 0.25) is 5.91 Å². The quantitative estimate of drug-likeness (QED) is 0.925. The first-order valence-electron chi connectivity index (χ1n) is 6.60. The molecule has 0 aliphatic carbocycles. The van der Waals surface area contributed by atoms with E-state index in [2.05, 4.69) is 22.2 Å². The standard InChI is InChI=1S/C14H20ClN3O.ClH/c1-17-8-10-18(11-9-17)7-6-14(19)16-13-4-2-12(15)3-5-13;/h2-5H,6-11H2,1H3,(H,16,19);1H. The van der Waals surface area contributed by atoms with Crippen LogP contribution in [0.25, 0.3) is 0 Å². The lowest BCUT2D eigenvalue weighted by molar-refractivity contribution is -0.116. The third kappa shape index (κ3) is 5.67. The summed E-state index contributed by atoms with van der Waals surface area (Å²) in [7, 11) is 2.13. The summed E-state index contributed by atoms with van der Waals surface area (Å²) in [6, 6.07) is 7.18. The summed E-state index contributed by atoms with van der Waals surface area (Å²) in [6.07, 6.45) is 0.534. The molecule has 0 saturated carbocycles. The molecule has 20 heavy (non-hydrogen) atoms.